The van der Waals surface area contributed by atoms with E-state index >= 15 is 0 Å². The molecule has 0 radical (unpaired) electrons. The highest BCUT2D eigenvalue weighted by atomic mass is 16.5. The molecule has 4 aromatic rings. The molecule has 0 aliphatic carbocycles. The first-order chi connectivity index (χ1) is 19.1. The first-order valence-corrected chi connectivity index (χ1v) is 13.1. The molecule has 3 heterocycles. The molecule has 2 N–H and O–H groups in total. The Bertz CT molecular complexity index is 1360. The zero-order chi connectivity index (χ0) is 26.9. The van der Waals surface area contributed by atoms with Gasteiger partial charge in [-0.1, -0.05) is 60.7 Å². The Balaban J connectivity index is 1.05. The fourth-order valence-corrected chi connectivity index (χ4v) is 4.53. The highest BCUT2D eigenvalue weighted by molar-refractivity contribution is 5.92. The number of aromatic nitrogens is 2. The van der Waals surface area contributed by atoms with E-state index in [1.54, 1.807) is 18.5 Å². The Labute approximate surface area is 228 Å². The van der Waals surface area contributed by atoms with Crippen LogP contribution in [0, 0.1) is 0 Å². The number of carbonyl (C=O) groups excluding carboxylic acids is 2. The number of nitrogens with one attached hydrogen (secondary N) is 2. The Morgan fingerprint density at radius 1 is 0.718 bits per heavy atom. The number of carbonyl (C=O) groups is 2. The van der Waals surface area contributed by atoms with Crippen molar-refractivity contribution in [3.8, 4) is 5.75 Å². The van der Waals surface area contributed by atoms with Gasteiger partial charge in [0.1, 0.15) is 23.5 Å². The van der Waals surface area contributed by atoms with Gasteiger partial charge in [0.2, 0.25) is 11.8 Å². The maximum atomic E-state index is 12.3. The molecule has 0 unspecified atom stereocenters. The molecule has 0 atom stereocenters. The lowest BCUT2D eigenvalue weighted by atomic mass is 10.1. The predicted molar refractivity (Wildman–Crippen MR) is 152 cm³/mol. The lowest BCUT2D eigenvalue weighted by molar-refractivity contribution is -0.116. The molecule has 198 valence electrons. The topological polar surface area (TPSA) is 96.5 Å². The summed E-state index contributed by atoms with van der Waals surface area (Å²) in [6, 6.07) is 26.7. The second kappa shape index (κ2) is 12.7. The molecular formula is C31H31N5O3. The minimum atomic E-state index is -0.105. The normalized spacial score (nSPS) is 13.5. The van der Waals surface area contributed by atoms with Crippen LogP contribution in [0.15, 0.2) is 97.3 Å². The van der Waals surface area contributed by atoms with E-state index in [-0.39, 0.29) is 17.9 Å². The number of rotatable bonds is 9. The highest BCUT2D eigenvalue weighted by Gasteiger charge is 2.21. The third-order valence-corrected chi connectivity index (χ3v) is 6.54. The lowest BCUT2D eigenvalue weighted by Crippen LogP contribution is -2.38. The number of amides is 2. The number of anilines is 3. The summed E-state index contributed by atoms with van der Waals surface area (Å²) in [6.45, 7) is 1.68. The number of nitrogens with zero attached hydrogens (tertiary/aromatic N) is 3. The van der Waals surface area contributed by atoms with Crippen LogP contribution in [0.5, 0.6) is 5.75 Å². The summed E-state index contributed by atoms with van der Waals surface area (Å²) >= 11 is 0. The number of pyridine rings is 2. The van der Waals surface area contributed by atoms with Crippen LogP contribution < -0.4 is 20.3 Å². The highest BCUT2D eigenvalue weighted by Crippen LogP contribution is 2.24. The van der Waals surface area contributed by atoms with Crippen molar-refractivity contribution in [3.05, 3.63) is 108 Å². The molecule has 2 aromatic heterocycles. The van der Waals surface area contributed by atoms with Gasteiger partial charge in [-0.3, -0.25) is 9.59 Å². The SMILES string of the molecule is O=C(Cc1ccccc1)Nc1ccc(OC2CCN(c3ccc(NC(=O)Cc4ccccc4)nc3)CC2)cn1. The van der Waals surface area contributed by atoms with Gasteiger partial charge in [-0.05, 0) is 35.4 Å². The minimum absolute atomic E-state index is 0.0866. The summed E-state index contributed by atoms with van der Waals surface area (Å²) in [5, 5.41) is 5.69. The molecule has 2 aromatic carbocycles. The summed E-state index contributed by atoms with van der Waals surface area (Å²) in [7, 11) is 0. The molecule has 0 bridgehead atoms. The third kappa shape index (κ3) is 7.64. The molecule has 1 aliphatic heterocycles. The van der Waals surface area contributed by atoms with Crippen molar-refractivity contribution in [3.63, 3.8) is 0 Å². The van der Waals surface area contributed by atoms with E-state index in [1.807, 2.05) is 78.9 Å². The van der Waals surface area contributed by atoms with E-state index in [1.165, 1.54) is 0 Å². The van der Waals surface area contributed by atoms with Crippen molar-refractivity contribution in [2.24, 2.45) is 0 Å². The van der Waals surface area contributed by atoms with Gasteiger partial charge in [-0.25, -0.2) is 9.97 Å². The van der Waals surface area contributed by atoms with Gasteiger partial charge in [0, 0.05) is 25.9 Å². The molecule has 5 rings (SSSR count). The fraction of sp³-hybridized carbons (Fsp3) is 0.226. The number of benzene rings is 2. The fourth-order valence-electron chi connectivity index (χ4n) is 4.53. The first-order valence-electron chi connectivity index (χ1n) is 13.1. The predicted octanol–water partition coefficient (Wildman–Crippen LogP) is 4.89. The molecule has 39 heavy (non-hydrogen) atoms. The number of hydrogen-bond acceptors (Lipinski definition) is 6. The van der Waals surface area contributed by atoms with Gasteiger partial charge in [0.25, 0.3) is 0 Å². The maximum absolute atomic E-state index is 12.3. The smallest absolute Gasteiger partial charge is 0.229 e. The van der Waals surface area contributed by atoms with Crippen molar-refractivity contribution in [2.45, 2.75) is 31.8 Å². The van der Waals surface area contributed by atoms with E-state index in [0.717, 1.165) is 42.7 Å². The number of piperidine rings is 1. The van der Waals surface area contributed by atoms with Gasteiger partial charge in [-0.2, -0.15) is 0 Å². The van der Waals surface area contributed by atoms with Crippen LogP contribution in [-0.4, -0.2) is 41.0 Å². The molecule has 8 heteroatoms. The second-order valence-electron chi connectivity index (χ2n) is 9.51. The maximum Gasteiger partial charge on any atom is 0.229 e. The number of ether oxygens (including phenoxy) is 1. The van der Waals surface area contributed by atoms with Crippen molar-refractivity contribution < 1.29 is 14.3 Å². The zero-order valence-corrected chi connectivity index (χ0v) is 21.6. The van der Waals surface area contributed by atoms with E-state index in [4.69, 9.17) is 4.74 Å². The minimum Gasteiger partial charge on any atom is -0.489 e. The molecule has 1 aliphatic rings. The van der Waals surface area contributed by atoms with Crippen LogP contribution in [0.1, 0.15) is 24.0 Å². The van der Waals surface area contributed by atoms with Crippen LogP contribution in [0.4, 0.5) is 17.3 Å². The Morgan fingerprint density at radius 3 is 1.74 bits per heavy atom. The summed E-state index contributed by atoms with van der Waals surface area (Å²) in [4.78, 5) is 35.6. The largest absolute Gasteiger partial charge is 0.489 e. The summed E-state index contributed by atoms with van der Waals surface area (Å²) in [5.74, 6) is 1.55. The van der Waals surface area contributed by atoms with Gasteiger partial charge in [0.05, 0.1) is 30.9 Å². The van der Waals surface area contributed by atoms with Crippen molar-refractivity contribution in [2.75, 3.05) is 28.6 Å². The molecule has 1 saturated heterocycles. The van der Waals surface area contributed by atoms with Crippen molar-refractivity contribution in [1.82, 2.24) is 9.97 Å². The monoisotopic (exact) mass is 521 g/mol. The molecular weight excluding hydrogens is 490 g/mol. The van der Waals surface area contributed by atoms with Gasteiger partial charge in [-0.15, -0.1) is 0 Å². The average molecular weight is 522 g/mol. The molecule has 0 saturated carbocycles. The van der Waals surface area contributed by atoms with Gasteiger partial charge < -0.3 is 20.3 Å². The quantitative estimate of drug-likeness (QED) is 0.326. The summed E-state index contributed by atoms with van der Waals surface area (Å²) in [6.07, 6.45) is 5.90. The Hall–Kier alpha value is -4.72. The average Bonchev–Trinajstić information content (AvgIpc) is 2.96. The van der Waals surface area contributed by atoms with E-state index in [2.05, 4.69) is 25.5 Å². The van der Waals surface area contributed by atoms with Crippen LogP contribution >= 0.6 is 0 Å². The molecule has 8 nitrogen and oxygen atoms in total. The zero-order valence-electron chi connectivity index (χ0n) is 21.6. The first kappa shape index (κ1) is 25.9. The van der Waals surface area contributed by atoms with Crippen LogP contribution in [0.2, 0.25) is 0 Å². The van der Waals surface area contributed by atoms with Crippen LogP contribution in [0.25, 0.3) is 0 Å². The van der Waals surface area contributed by atoms with Gasteiger partial charge in [0.15, 0.2) is 0 Å². The molecule has 2 amide bonds. The van der Waals surface area contributed by atoms with E-state index < -0.39 is 0 Å². The third-order valence-electron chi connectivity index (χ3n) is 6.54. The lowest BCUT2D eigenvalue weighted by Gasteiger charge is -2.33. The van der Waals surface area contributed by atoms with Crippen LogP contribution in [-0.2, 0) is 22.4 Å². The molecule has 0 spiro atoms. The van der Waals surface area contributed by atoms with Gasteiger partial charge >= 0.3 is 0 Å². The van der Waals surface area contributed by atoms with Crippen LogP contribution in [0.3, 0.4) is 0 Å². The van der Waals surface area contributed by atoms with Crippen molar-refractivity contribution in [1.29, 1.82) is 0 Å². The van der Waals surface area contributed by atoms with Crippen molar-refractivity contribution >= 4 is 29.1 Å². The standard InChI is InChI=1S/C31H31N5O3/c37-30(19-23-7-3-1-4-8-23)34-28-13-11-25(21-32-28)36-17-15-26(16-18-36)39-27-12-14-29(33-22-27)35-31(38)20-24-9-5-2-6-10-24/h1-14,21-22,26H,15-20H2,(H,32,34,37)(H,33,35,38). The summed E-state index contributed by atoms with van der Waals surface area (Å²) in [5.41, 5.74) is 2.94. The Morgan fingerprint density at radius 2 is 1.26 bits per heavy atom. The Kier molecular flexibility index (Phi) is 8.43. The second-order valence-corrected chi connectivity index (χ2v) is 9.51. The number of hydrogen-bond donors (Lipinski definition) is 2. The summed E-state index contributed by atoms with van der Waals surface area (Å²) < 4.78 is 6.14. The van der Waals surface area contributed by atoms with E-state index in [9.17, 15) is 9.59 Å². The molecule has 1 fully saturated rings. The van der Waals surface area contributed by atoms with E-state index in [0.29, 0.717) is 30.2 Å².